The summed E-state index contributed by atoms with van der Waals surface area (Å²) in [6.07, 6.45) is 1.99. The van der Waals surface area contributed by atoms with Gasteiger partial charge in [0.25, 0.3) is 0 Å². The zero-order valence-electron chi connectivity index (χ0n) is 15.5. The first-order valence-corrected chi connectivity index (χ1v) is 9.42. The van der Waals surface area contributed by atoms with Gasteiger partial charge in [0, 0.05) is 32.5 Å². The van der Waals surface area contributed by atoms with Crippen molar-refractivity contribution in [2.75, 3.05) is 13.1 Å². The summed E-state index contributed by atoms with van der Waals surface area (Å²) in [6, 6.07) is 14.6. The van der Waals surface area contributed by atoms with Crippen molar-refractivity contribution in [2.45, 2.75) is 45.3 Å². The van der Waals surface area contributed by atoms with Crippen molar-refractivity contribution < 1.29 is 13.9 Å². The van der Waals surface area contributed by atoms with Gasteiger partial charge in [0.05, 0.1) is 12.0 Å². The number of rotatable bonds is 2. The lowest BCUT2D eigenvalue weighted by molar-refractivity contribution is -0.0108. The van der Waals surface area contributed by atoms with E-state index >= 15 is 0 Å². The van der Waals surface area contributed by atoms with Gasteiger partial charge in [-0.15, -0.1) is 0 Å². The Morgan fingerprint density at radius 2 is 1.77 bits per heavy atom. The zero-order chi connectivity index (χ0) is 18.6. The molecule has 0 aliphatic carbocycles. The molecule has 0 N–H and O–H groups in total. The molecule has 0 amide bonds. The van der Waals surface area contributed by atoms with Crippen molar-refractivity contribution in [3.05, 3.63) is 65.5 Å². The fraction of sp³-hybridized carbons (Fsp3) is 0.409. The Labute approximate surface area is 154 Å². The lowest BCUT2D eigenvalue weighted by atomic mass is 9.82. The quantitative estimate of drug-likeness (QED) is 0.771. The first kappa shape index (κ1) is 18.6. The lowest BCUT2D eigenvalue weighted by Crippen LogP contribution is -2.50. The van der Waals surface area contributed by atoms with E-state index in [1.807, 2.05) is 19.9 Å². The molecule has 26 heavy (non-hydrogen) atoms. The van der Waals surface area contributed by atoms with Gasteiger partial charge in [-0.25, -0.2) is 4.39 Å². The molecule has 1 saturated heterocycles. The molecule has 1 fully saturated rings. The fourth-order valence-electron chi connectivity index (χ4n) is 3.71. The minimum atomic E-state index is -0.422. The number of halogens is 1. The number of hydrogen-bond donors (Lipinski definition) is 0. The minimum absolute atomic E-state index is 0.00717. The number of ether oxygens (including phenoxy) is 1. The maximum absolute atomic E-state index is 13.3. The molecule has 138 valence electrons. The Morgan fingerprint density at radius 1 is 1.08 bits per heavy atom. The fourth-order valence-corrected chi connectivity index (χ4v) is 3.71. The monoisotopic (exact) mass is 355 g/mol. The number of likely N-dealkylation sites (tertiary alicyclic amines) is 1. The third-order valence-corrected chi connectivity index (χ3v) is 5.07. The van der Waals surface area contributed by atoms with Gasteiger partial charge in [-0.2, -0.15) is 0 Å². The maximum atomic E-state index is 13.3. The molecule has 2 aromatic rings. The van der Waals surface area contributed by atoms with Crippen LogP contribution in [0.3, 0.4) is 0 Å². The van der Waals surface area contributed by atoms with Crippen molar-refractivity contribution in [1.29, 1.82) is 0 Å². The Morgan fingerprint density at radius 3 is 2.46 bits per heavy atom. The summed E-state index contributed by atoms with van der Waals surface area (Å²) in [4.78, 5) is 14.8. The first-order valence-electron chi connectivity index (χ1n) is 9.42. The predicted molar refractivity (Wildman–Crippen MR) is 101 cm³/mol. The smallest absolute Gasteiger partial charge is 0.170 e. The molecular formula is C22H26FNO2. The van der Waals surface area contributed by atoms with Crippen LogP contribution in [-0.4, -0.2) is 29.4 Å². The number of Topliss-reactive ketones (excluding diaryl/α,β-unsaturated/α-hetero) is 1. The highest BCUT2D eigenvalue weighted by Crippen LogP contribution is 2.39. The number of piperidine rings is 1. The maximum Gasteiger partial charge on any atom is 0.170 e. The summed E-state index contributed by atoms with van der Waals surface area (Å²) in [6.45, 7) is 6.73. The molecule has 0 atom stereocenters. The third kappa shape index (κ3) is 3.96. The first-order chi connectivity index (χ1) is 12.6. The predicted octanol–water partition coefficient (Wildman–Crippen LogP) is 4.85. The van der Waals surface area contributed by atoms with E-state index in [4.69, 9.17) is 4.74 Å². The normalized spacial score (nSPS) is 18.5. The van der Waals surface area contributed by atoms with Crippen molar-refractivity contribution in [2.24, 2.45) is 0 Å². The summed E-state index contributed by atoms with van der Waals surface area (Å²) in [5, 5.41) is 0. The largest absolute Gasteiger partial charge is 0.486 e. The highest BCUT2D eigenvalue weighted by atomic mass is 19.1. The Bertz CT molecular complexity index is 752. The topological polar surface area (TPSA) is 29.5 Å². The van der Waals surface area contributed by atoms with Gasteiger partial charge < -0.3 is 4.74 Å². The van der Waals surface area contributed by atoms with E-state index in [-0.39, 0.29) is 11.6 Å². The number of benzene rings is 2. The zero-order valence-corrected chi connectivity index (χ0v) is 15.5. The molecule has 0 radical (unpaired) electrons. The van der Waals surface area contributed by atoms with Gasteiger partial charge in [0.15, 0.2) is 5.78 Å². The van der Waals surface area contributed by atoms with E-state index in [0.717, 1.165) is 32.5 Å². The molecule has 0 bridgehead atoms. The summed E-state index contributed by atoms with van der Waals surface area (Å²) in [7, 11) is 0. The van der Waals surface area contributed by atoms with E-state index in [2.05, 4.69) is 29.2 Å². The molecule has 2 aromatic carbocycles. The van der Waals surface area contributed by atoms with Crippen LogP contribution in [0.5, 0.6) is 5.75 Å². The number of hydrogen-bond acceptors (Lipinski definition) is 3. The van der Waals surface area contributed by atoms with E-state index in [1.165, 1.54) is 17.7 Å². The third-order valence-electron chi connectivity index (χ3n) is 5.07. The molecule has 4 heteroatoms. The van der Waals surface area contributed by atoms with Crippen LogP contribution >= 0.6 is 0 Å². The summed E-state index contributed by atoms with van der Waals surface area (Å²) in [5.41, 5.74) is 1.26. The molecule has 0 unspecified atom stereocenters. The molecule has 3 nitrogen and oxygen atoms in total. The highest BCUT2D eigenvalue weighted by molar-refractivity contribution is 6.00. The van der Waals surface area contributed by atoms with Crippen molar-refractivity contribution in [3.8, 4) is 5.75 Å². The SMILES string of the molecule is CC.O=C1CC2(CCN(Cc3ccccc3)CC2)Oc2ccc(F)cc21. The Kier molecular flexibility index (Phi) is 5.72. The second-order valence-corrected chi connectivity index (χ2v) is 6.79. The Balaban J connectivity index is 0.000000948. The van der Waals surface area contributed by atoms with Crippen LogP contribution in [-0.2, 0) is 6.54 Å². The lowest BCUT2D eigenvalue weighted by Gasteiger charge is -2.44. The van der Waals surface area contributed by atoms with Gasteiger partial charge in [-0.05, 0) is 23.8 Å². The average Bonchev–Trinajstić information content (AvgIpc) is 2.67. The molecule has 0 saturated carbocycles. The number of ketones is 1. The molecule has 2 heterocycles. The molecule has 4 rings (SSSR count). The number of fused-ring (bicyclic) bond motifs is 1. The summed E-state index contributed by atoms with van der Waals surface area (Å²) < 4.78 is 19.5. The van der Waals surface area contributed by atoms with E-state index in [9.17, 15) is 9.18 Å². The molecule has 0 aromatic heterocycles. The second-order valence-electron chi connectivity index (χ2n) is 6.79. The molecule has 2 aliphatic heterocycles. The van der Waals surface area contributed by atoms with E-state index < -0.39 is 5.60 Å². The summed E-state index contributed by atoms with van der Waals surface area (Å²) in [5.74, 6) is 0.135. The Hall–Kier alpha value is -2.20. The van der Waals surface area contributed by atoms with Crippen LogP contribution in [0.15, 0.2) is 48.5 Å². The number of carbonyl (C=O) groups excluding carboxylic acids is 1. The van der Waals surface area contributed by atoms with Gasteiger partial charge in [-0.3, -0.25) is 9.69 Å². The van der Waals surface area contributed by atoms with Gasteiger partial charge >= 0.3 is 0 Å². The number of carbonyl (C=O) groups is 1. The van der Waals surface area contributed by atoms with Crippen LogP contribution in [0.1, 0.15) is 49.0 Å². The van der Waals surface area contributed by atoms with Crippen molar-refractivity contribution in [3.63, 3.8) is 0 Å². The van der Waals surface area contributed by atoms with Crippen LogP contribution < -0.4 is 4.74 Å². The van der Waals surface area contributed by atoms with Gasteiger partial charge in [-0.1, -0.05) is 44.2 Å². The summed E-state index contributed by atoms with van der Waals surface area (Å²) >= 11 is 0. The molecular weight excluding hydrogens is 329 g/mol. The molecule has 2 aliphatic rings. The van der Waals surface area contributed by atoms with E-state index in [0.29, 0.717) is 17.7 Å². The molecule has 1 spiro atoms. The minimum Gasteiger partial charge on any atom is -0.486 e. The van der Waals surface area contributed by atoms with Crippen LogP contribution in [0, 0.1) is 5.82 Å². The van der Waals surface area contributed by atoms with Gasteiger partial charge in [0.1, 0.15) is 17.2 Å². The highest BCUT2D eigenvalue weighted by Gasteiger charge is 2.42. The van der Waals surface area contributed by atoms with Gasteiger partial charge in [0.2, 0.25) is 0 Å². The second kappa shape index (κ2) is 8.00. The van der Waals surface area contributed by atoms with Crippen LogP contribution in [0.2, 0.25) is 0 Å². The van der Waals surface area contributed by atoms with Crippen LogP contribution in [0.4, 0.5) is 4.39 Å². The van der Waals surface area contributed by atoms with E-state index in [1.54, 1.807) is 6.07 Å². The standard InChI is InChI=1S/C20H20FNO2.C2H6/c21-16-6-7-19-17(12-16)18(23)13-20(24-19)8-10-22(11-9-20)14-15-4-2-1-3-5-15;1-2/h1-7,12H,8-11,13-14H2;1-2H3. The van der Waals surface area contributed by atoms with Crippen molar-refractivity contribution >= 4 is 5.78 Å². The average molecular weight is 355 g/mol. The van der Waals surface area contributed by atoms with Crippen molar-refractivity contribution in [1.82, 2.24) is 4.90 Å². The number of nitrogens with zero attached hydrogens (tertiary/aromatic N) is 1. The van der Waals surface area contributed by atoms with Crippen LogP contribution in [0.25, 0.3) is 0 Å².